The molecular formula is C40H56Br2S6. The number of halogens is 2. The molecule has 0 fully saturated rings. The first-order valence-corrected chi connectivity index (χ1v) is 25.6. The van der Waals surface area contributed by atoms with Crippen molar-refractivity contribution in [3.8, 4) is 30.6 Å². The van der Waals surface area contributed by atoms with Gasteiger partial charge in [-0.2, -0.15) is 0 Å². The van der Waals surface area contributed by atoms with Gasteiger partial charge in [-0.3, -0.25) is 0 Å². The number of thioether (sulfide) groups is 2. The molecule has 0 unspecified atom stereocenters. The van der Waals surface area contributed by atoms with Gasteiger partial charge in [-0.05, 0) is 91.2 Å². The van der Waals surface area contributed by atoms with E-state index in [0.717, 1.165) is 0 Å². The van der Waals surface area contributed by atoms with Gasteiger partial charge < -0.3 is 0 Å². The topological polar surface area (TPSA) is 0 Å². The normalized spacial score (nSPS) is 11.7. The molecule has 4 rings (SSSR count). The molecule has 48 heavy (non-hydrogen) atoms. The third-order valence-electron chi connectivity index (χ3n) is 8.87. The van der Waals surface area contributed by atoms with Crippen molar-refractivity contribution in [3.05, 3.63) is 42.6 Å². The van der Waals surface area contributed by atoms with Gasteiger partial charge in [-0.1, -0.05) is 129 Å². The van der Waals surface area contributed by atoms with Crippen molar-refractivity contribution in [2.24, 2.45) is 0 Å². The quantitative estimate of drug-likeness (QED) is 0.0432. The van der Waals surface area contributed by atoms with Crippen molar-refractivity contribution in [2.45, 2.75) is 152 Å². The van der Waals surface area contributed by atoms with Crippen LogP contribution < -0.4 is 0 Å². The first-order chi connectivity index (χ1) is 23.6. The fraction of sp³-hybridized carbons (Fsp3) is 0.600. The Morgan fingerprint density at radius 3 is 1.31 bits per heavy atom. The summed E-state index contributed by atoms with van der Waals surface area (Å²) in [5, 5.41) is 4.59. The third-order valence-corrected chi connectivity index (χ3v) is 16.7. The van der Waals surface area contributed by atoms with Gasteiger partial charge in [-0.15, -0.1) is 68.9 Å². The van der Waals surface area contributed by atoms with Crippen LogP contribution in [0.25, 0.3) is 30.6 Å². The largest absolute Gasteiger partial charge is 0.143 e. The van der Waals surface area contributed by atoms with Crippen molar-refractivity contribution >= 4 is 101 Å². The highest BCUT2D eigenvalue weighted by molar-refractivity contribution is 9.11. The Hall–Kier alpha value is 0.460. The van der Waals surface area contributed by atoms with Crippen LogP contribution in [0.5, 0.6) is 0 Å². The fourth-order valence-electron chi connectivity index (χ4n) is 6.16. The second-order valence-corrected chi connectivity index (χ2v) is 21.8. The van der Waals surface area contributed by atoms with E-state index >= 15 is 0 Å². The van der Waals surface area contributed by atoms with Crippen LogP contribution in [0.2, 0.25) is 0 Å². The van der Waals surface area contributed by atoms with Gasteiger partial charge in [0.25, 0.3) is 0 Å². The Balaban J connectivity index is 1.29. The monoisotopic (exact) mass is 886 g/mol. The lowest BCUT2D eigenvalue weighted by atomic mass is 10.1. The van der Waals surface area contributed by atoms with E-state index in [4.69, 9.17) is 0 Å². The van der Waals surface area contributed by atoms with E-state index < -0.39 is 0 Å². The van der Waals surface area contributed by atoms with E-state index in [0.29, 0.717) is 0 Å². The van der Waals surface area contributed by atoms with Crippen LogP contribution in [-0.4, -0.2) is 11.5 Å². The summed E-state index contributed by atoms with van der Waals surface area (Å²) < 4.78 is 2.47. The van der Waals surface area contributed by atoms with Gasteiger partial charge in [0.1, 0.15) is 0 Å². The van der Waals surface area contributed by atoms with Crippen LogP contribution in [0.15, 0.2) is 52.4 Å². The highest BCUT2D eigenvalue weighted by Gasteiger charge is 2.22. The molecule has 0 radical (unpaired) electrons. The molecule has 0 saturated heterocycles. The second kappa shape index (κ2) is 24.7. The minimum Gasteiger partial charge on any atom is -0.143 e. The Kier molecular flexibility index (Phi) is 21.2. The number of hydrogen-bond acceptors (Lipinski definition) is 6. The molecular weight excluding hydrogens is 833 g/mol. The smallest absolute Gasteiger partial charge is 0.0716 e. The molecule has 0 nitrogen and oxygen atoms in total. The molecule has 0 amide bonds. The molecule has 0 aromatic carbocycles. The fourth-order valence-corrected chi connectivity index (χ4v) is 14.5. The van der Waals surface area contributed by atoms with Gasteiger partial charge >= 0.3 is 0 Å². The molecule has 0 atom stereocenters. The molecule has 0 spiro atoms. The lowest BCUT2D eigenvalue weighted by Crippen LogP contribution is -1.85. The van der Waals surface area contributed by atoms with Gasteiger partial charge in [0, 0.05) is 25.8 Å². The second-order valence-electron chi connectivity index (χ2n) is 12.9. The summed E-state index contributed by atoms with van der Waals surface area (Å²) in [4.78, 5) is 8.58. The van der Waals surface area contributed by atoms with Crippen molar-refractivity contribution in [3.63, 3.8) is 0 Å². The van der Waals surface area contributed by atoms with Crippen LogP contribution in [0.3, 0.4) is 0 Å². The number of rotatable bonds is 27. The lowest BCUT2D eigenvalue weighted by molar-refractivity contribution is 0.563. The van der Waals surface area contributed by atoms with Crippen LogP contribution in [0.4, 0.5) is 0 Å². The minimum absolute atomic E-state index is 1.21. The molecule has 0 N–H and O–H groups in total. The summed E-state index contributed by atoms with van der Waals surface area (Å²) in [5.74, 6) is 2.42. The van der Waals surface area contributed by atoms with Gasteiger partial charge in [0.05, 0.1) is 22.2 Å². The van der Waals surface area contributed by atoms with E-state index in [-0.39, 0.29) is 0 Å². The zero-order valence-electron chi connectivity index (χ0n) is 29.2. The Bertz CT molecular complexity index is 1310. The van der Waals surface area contributed by atoms with Crippen molar-refractivity contribution in [1.29, 1.82) is 0 Å². The molecule has 0 bridgehead atoms. The first kappa shape index (κ1) is 41.2. The van der Waals surface area contributed by atoms with Gasteiger partial charge in [0.2, 0.25) is 0 Å². The average molecular weight is 889 g/mol. The highest BCUT2D eigenvalue weighted by Crippen LogP contribution is 2.52. The predicted octanol–water partition coefficient (Wildman–Crippen LogP) is 18.5. The molecule has 8 heteroatoms. The maximum Gasteiger partial charge on any atom is 0.0716 e. The predicted molar refractivity (Wildman–Crippen MR) is 235 cm³/mol. The molecule has 0 aliphatic carbocycles. The van der Waals surface area contributed by atoms with Gasteiger partial charge in [-0.25, -0.2) is 0 Å². The van der Waals surface area contributed by atoms with E-state index in [1.165, 1.54) is 188 Å². The Labute approximate surface area is 334 Å². The maximum absolute atomic E-state index is 3.84. The third kappa shape index (κ3) is 14.1. The van der Waals surface area contributed by atoms with Crippen LogP contribution in [-0.2, 0) is 0 Å². The summed E-state index contributed by atoms with van der Waals surface area (Å²) in [6.07, 6.45) is 27.9. The Morgan fingerprint density at radius 1 is 0.458 bits per heavy atom. The SMILES string of the molecule is CCCCCCCCCCCCSc1cc(Br)sc1-c1ccsc1-c1ccsc1-c1sc(Br)cc1SCCCCCCCCCCCC. The zero-order valence-corrected chi connectivity index (χ0v) is 37.3. The number of hydrogen-bond donors (Lipinski definition) is 0. The summed E-state index contributed by atoms with van der Waals surface area (Å²) in [6, 6.07) is 9.43. The van der Waals surface area contributed by atoms with Crippen molar-refractivity contribution in [1.82, 2.24) is 0 Å². The van der Waals surface area contributed by atoms with Crippen molar-refractivity contribution in [2.75, 3.05) is 11.5 Å². The van der Waals surface area contributed by atoms with E-state index in [2.05, 4.69) is 104 Å². The van der Waals surface area contributed by atoms with Crippen LogP contribution in [0, 0.1) is 0 Å². The summed E-state index contributed by atoms with van der Waals surface area (Å²) in [6.45, 7) is 4.60. The van der Waals surface area contributed by atoms with Crippen molar-refractivity contribution < 1.29 is 0 Å². The first-order valence-electron chi connectivity index (χ1n) is 18.6. The summed E-state index contributed by atoms with van der Waals surface area (Å²) in [5.41, 5.74) is 2.80. The number of thiophene rings is 4. The van der Waals surface area contributed by atoms with E-state index in [9.17, 15) is 0 Å². The van der Waals surface area contributed by atoms with Crippen LogP contribution in [0.1, 0.15) is 142 Å². The van der Waals surface area contributed by atoms with Crippen LogP contribution >= 0.6 is 101 Å². The Morgan fingerprint density at radius 2 is 0.833 bits per heavy atom. The summed E-state index contributed by atoms with van der Waals surface area (Å²) >= 11 is 19.4. The highest BCUT2D eigenvalue weighted by atomic mass is 79.9. The molecule has 0 aliphatic rings. The van der Waals surface area contributed by atoms with E-state index in [1.807, 2.05) is 45.3 Å². The number of unbranched alkanes of at least 4 members (excludes halogenated alkanes) is 18. The molecule has 266 valence electrons. The van der Waals surface area contributed by atoms with E-state index in [1.54, 1.807) is 0 Å². The lowest BCUT2D eigenvalue weighted by Gasteiger charge is -2.08. The standard InChI is InChI=1S/C40H56Br2S6/c1-3-5-7-9-11-13-15-17-19-21-25-43-33-29-35(41)47-38(33)31-23-27-45-37(31)32-24-28-46-39(32)40-34(30-36(42)48-40)44-26-22-20-18-16-14-12-10-8-6-4-2/h23-24,27-30H,3-22,25-26H2,1-2H3. The minimum atomic E-state index is 1.21. The average Bonchev–Trinajstić information content (AvgIpc) is 3.89. The summed E-state index contributed by atoms with van der Waals surface area (Å²) in [7, 11) is 0. The molecule has 0 saturated carbocycles. The molecule has 4 aromatic heterocycles. The molecule has 0 aliphatic heterocycles. The zero-order chi connectivity index (χ0) is 33.8. The maximum atomic E-state index is 3.84. The van der Waals surface area contributed by atoms with Gasteiger partial charge in [0.15, 0.2) is 0 Å². The molecule has 4 heterocycles. The molecule has 4 aromatic rings.